The number of benzene rings is 2. The molecule has 0 unspecified atom stereocenters. The van der Waals surface area contributed by atoms with Crippen molar-refractivity contribution < 1.29 is 9.47 Å². The fourth-order valence-electron chi connectivity index (χ4n) is 2.56. The molecular formula is C20H22N4O2. The zero-order chi connectivity index (χ0) is 18.5. The van der Waals surface area contributed by atoms with Crippen LogP contribution in [0.5, 0.6) is 11.5 Å². The number of para-hydroxylation sites is 1. The van der Waals surface area contributed by atoms with Crippen molar-refractivity contribution in [2.24, 2.45) is 0 Å². The third-order valence-electron chi connectivity index (χ3n) is 3.92. The lowest BCUT2D eigenvalue weighted by Gasteiger charge is -2.14. The summed E-state index contributed by atoms with van der Waals surface area (Å²) in [6.45, 7) is 3.99. The lowest BCUT2D eigenvalue weighted by molar-refractivity contribution is 0.395. The number of anilines is 4. The Kier molecular flexibility index (Phi) is 5.22. The minimum atomic E-state index is 0.490. The van der Waals surface area contributed by atoms with Gasteiger partial charge < -0.3 is 20.1 Å². The first kappa shape index (κ1) is 17.5. The van der Waals surface area contributed by atoms with Crippen LogP contribution < -0.4 is 20.1 Å². The summed E-state index contributed by atoms with van der Waals surface area (Å²) in [5.74, 6) is 2.59. The van der Waals surface area contributed by atoms with Crippen LogP contribution in [0.15, 0.2) is 48.5 Å². The number of nitrogens with one attached hydrogen (secondary N) is 2. The van der Waals surface area contributed by atoms with Gasteiger partial charge in [-0.1, -0.05) is 18.2 Å². The Labute approximate surface area is 153 Å². The summed E-state index contributed by atoms with van der Waals surface area (Å²) in [5, 5.41) is 6.56. The van der Waals surface area contributed by atoms with Crippen molar-refractivity contribution >= 4 is 23.1 Å². The van der Waals surface area contributed by atoms with Gasteiger partial charge in [-0.25, -0.2) is 4.98 Å². The maximum Gasteiger partial charge on any atom is 0.229 e. The van der Waals surface area contributed by atoms with Gasteiger partial charge in [0.15, 0.2) is 0 Å². The van der Waals surface area contributed by atoms with Crippen LogP contribution in [-0.4, -0.2) is 24.2 Å². The standard InChI is InChI=1S/C20H22N4O2/c1-13-7-5-6-8-16(13)22-19-11-14(2)21-20(24-19)23-17-10-9-15(25-3)12-18(17)26-4/h5-12H,1-4H3,(H2,21,22,23,24). The van der Waals surface area contributed by atoms with Crippen LogP contribution in [0.3, 0.4) is 0 Å². The fraction of sp³-hybridized carbons (Fsp3) is 0.200. The van der Waals surface area contributed by atoms with E-state index in [9.17, 15) is 0 Å². The van der Waals surface area contributed by atoms with Gasteiger partial charge in [0.25, 0.3) is 0 Å². The molecule has 0 saturated heterocycles. The molecule has 1 aromatic heterocycles. The van der Waals surface area contributed by atoms with Gasteiger partial charge in [0, 0.05) is 23.5 Å². The average Bonchev–Trinajstić information content (AvgIpc) is 2.63. The number of aromatic nitrogens is 2. The summed E-state index contributed by atoms with van der Waals surface area (Å²) in [5.41, 5.74) is 3.78. The predicted octanol–water partition coefficient (Wildman–Crippen LogP) is 4.60. The van der Waals surface area contributed by atoms with Crippen molar-refractivity contribution in [2.45, 2.75) is 13.8 Å². The molecule has 0 aliphatic carbocycles. The Morgan fingerprint density at radius 3 is 2.35 bits per heavy atom. The molecule has 2 aromatic carbocycles. The van der Waals surface area contributed by atoms with Gasteiger partial charge in [-0.3, -0.25) is 0 Å². The highest BCUT2D eigenvalue weighted by Gasteiger charge is 2.09. The van der Waals surface area contributed by atoms with Crippen LogP contribution in [0.25, 0.3) is 0 Å². The third-order valence-corrected chi connectivity index (χ3v) is 3.92. The molecule has 0 saturated carbocycles. The summed E-state index contributed by atoms with van der Waals surface area (Å²) in [4.78, 5) is 9.03. The van der Waals surface area contributed by atoms with Gasteiger partial charge in [-0.15, -0.1) is 0 Å². The number of rotatable bonds is 6. The molecule has 0 amide bonds. The molecule has 3 aromatic rings. The number of hydrogen-bond acceptors (Lipinski definition) is 6. The smallest absolute Gasteiger partial charge is 0.229 e. The molecule has 6 heteroatoms. The lowest BCUT2D eigenvalue weighted by atomic mass is 10.2. The first-order chi connectivity index (χ1) is 12.6. The van der Waals surface area contributed by atoms with Crippen LogP contribution in [0, 0.1) is 13.8 Å². The molecule has 0 bridgehead atoms. The number of hydrogen-bond donors (Lipinski definition) is 2. The molecule has 26 heavy (non-hydrogen) atoms. The first-order valence-electron chi connectivity index (χ1n) is 8.26. The SMILES string of the molecule is COc1ccc(Nc2nc(C)cc(Nc3ccccc3C)n2)c(OC)c1. The molecule has 0 aliphatic heterocycles. The fourth-order valence-corrected chi connectivity index (χ4v) is 2.56. The van der Waals surface area contributed by atoms with Crippen LogP contribution in [0.1, 0.15) is 11.3 Å². The summed E-state index contributed by atoms with van der Waals surface area (Å²) < 4.78 is 10.6. The Morgan fingerprint density at radius 2 is 1.62 bits per heavy atom. The number of ether oxygens (including phenoxy) is 2. The predicted molar refractivity (Wildman–Crippen MR) is 104 cm³/mol. The molecule has 0 atom stereocenters. The normalized spacial score (nSPS) is 10.3. The van der Waals surface area contributed by atoms with E-state index in [0.29, 0.717) is 11.7 Å². The highest BCUT2D eigenvalue weighted by Crippen LogP contribution is 2.31. The number of nitrogens with zero attached hydrogens (tertiary/aromatic N) is 2. The van der Waals surface area contributed by atoms with E-state index in [4.69, 9.17) is 9.47 Å². The van der Waals surface area contributed by atoms with Crippen molar-refractivity contribution in [1.82, 2.24) is 9.97 Å². The van der Waals surface area contributed by atoms with E-state index in [1.54, 1.807) is 14.2 Å². The monoisotopic (exact) mass is 350 g/mol. The van der Waals surface area contributed by atoms with Gasteiger partial charge in [-0.2, -0.15) is 4.98 Å². The largest absolute Gasteiger partial charge is 0.497 e. The Balaban J connectivity index is 1.87. The van der Waals surface area contributed by atoms with E-state index >= 15 is 0 Å². The van der Waals surface area contributed by atoms with Crippen LogP contribution >= 0.6 is 0 Å². The zero-order valence-corrected chi connectivity index (χ0v) is 15.3. The molecule has 134 valence electrons. The highest BCUT2D eigenvalue weighted by atomic mass is 16.5. The summed E-state index contributed by atoms with van der Waals surface area (Å²) in [6.07, 6.45) is 0. The molecule has 3 rings (SSSR count). The molecule has 6 nitrogen and oxygen atoms in total. The second kappa shape index (κ2) is 7.74. The minimum absolute atomic E-state index is 0.490. The van der Waals surface area contributed by atoms with Crippen LogP contribution in [0.2, 0.25) is 0 Å². The van der Waals surface area contributed by atoms with Gasteiger partial charge in [0.2, 0.25) is 5.95 Å². The van der Waals surface area contributed by atoms with E-state index in [1.165, 1.54) is 0 Å². The van der Waals surface area contributed by atoms with Gasteiger partial charge in [0.1, 0.15) is 17.3 Å². The summed E-state index contributed by atoms with van der Waals surface area (Å²) in [7, 11) is 3.23. The molecule has 1 heterocycles. The van der Waals surface area contributed by atoms with Crippen molar-refractivity contribution in [1.29, 1.82) is 0 Å². The number of aryl methyl sites for hydroxylation is 2. The zero-order valence-electron chi connectivity index (χ0n) is 15.3. The maximum absolute atomic E-state index is 5.42. The maximum atomic E-state index is 5.42. The summed E-state index contributed by atoms with van der Waals surface area (Å²) >= 11 is 0. The van der Waals surface area contributed by atoms with Crippen molar-refractivity contribution in [2.75, 3.05) is 24.9 Å². The number of methoxy groups -OCH3 is 2. The minimum Gasteiger partial charge on any atom is -0.497 e. The molecule has 0 fully saturated rings. The summed E-state index contributed by atoms with van der Waals surface area (Å²) in [6, 6.07) is 15.5. The van der Waals surface area contributed by atoms with Crippen molar-refractivity contribution in [3.8, 4) is 11.5 Å². The van der Waals surface area contributed by atoms with Crippen molar-refractivity contribution in [3.63, 3.8) is 0 Å². The molecule has 2 N–H and O–H groups in total. The third kappa shape index (κ3) is 4.03. The second-order valence-electron chi connectivity index (χ2n) is 5.85. The molecule has 0 radical (unpaired) electrons. The van der Waals surface area contributed by atoms with Crippen molar-refractivity contribution in [3.05, 3.63) is 59.8 Å². The Morgan fingerprint density at radius 1 is 0.808 bits per heavy atom. The Bertz CT molecular complexity index is 912. The lowest BCUT2D eigenvalue weighted by Crippen LogP contribution is -2.04. The first-order valence-corrected chi connectivity index (χ1v) is 8.26. The molecule has 0 spiro atoms. The van der Waals surface area contributed by atoms with Crippen LogP contribution in [0.4, 0.5) is 23.1 Å². The van der Waals surface area contributed by atoms with Gasteiger partial charge in [-0.05, 0) is 37.6 Å². The second-order valence-corrected chi connectivity index (χ2v) is 5.85. The molecule has 0 aliphatic rings. The van der Waals surface area contributed by atoms with E-state index in [-0.39, 0.29) is 0 Å². The Hall–Kier alpha value is -3.28. The van der Waals surface area contributed by atoms with Gasteiger partial charge >= 0.3 is 0 Å². The average molecular weight is 350 g/mol. The molecular weight excluding hydrogens is 328 g/mol. The van der Waals surface area contributed by atoms with E-state index in [2.05, 4.69) is 33.6 Å². The van der Waals surface area contributed by atoms with E-state index in [1.807, 2.05) is 49.4 Å². The highest BCUT2D eigenvalue weighted by molar-refractivity contribution is 5.66. The van der Waals surface area contributed by atoms with E-state index < -0.39 is 0 Å². The quantitative estimate of drug-likeness (QED) is 0.677. The van der Waals surface area contributed by atoms with E-state index in [0.717, 1.165) is 34.2 Å². The van der Waals surface area contributed by atoms with Gasteiger partial charge in [0.05, 0.1) is 19.9 Å². The van der Waals surface area contributed by atoms with Crippen LogP contribution in [-0.2, 0) is 0 Å². The topological polar surface area (TPSA) is 68.3 Å².